The van der Waals surface area contributed by atoms with Gasteiger partial charge in [-0.05, 0) is 24.0 Å². The van der Waals surface area contributed by atoms with Gasteiger partial charge in [-0.25, -0.2) is 0 Å². The molecule has 1 aromatic carbocycles. The second-order valence-electron chi connectivity index (χ2n) is 10.1. The summed E-state index contributed by atoms with van der Waals surface area (Å²) in [7, 11) is 0. The summed E-state index contributed by atoms with van der Waals surface area (Å²) in [5, 5.41) is 0. The van der Waals surface area contributed by atoms with Gasteiger partial charge in [0.15, 0.2) is 12.0 Å². The van der Waals surface area contributed by atoms with Gasteiger partial charge in [0.05, 0.1) is 12.8 Å². The van der Waals surface area contributed by atoms with Crippen LogP contribution in [-0.4, -0.2) is 60.7 Å². The minimum Gasteiger partial charge on any atom is -0.461 e. The number of hydrogen-bond acceptors (Lipinski definition) is 8. The summed E-state index contributed by atoms with van der Waals surface area (Å²) in [6.07, 6.45) is -8.32. The number of fused-ring (bicyclic) bond motifs is 1. The smallest absolute Gasteiger partial charge is 0.460 e. The normalized spacial score (nSPS) is 26.9. The molecule has 0 radical (unpaired) electrons. The highest BCUT2D eigenvalue weighted by Gasteiger charge is 2.77. The molecule has 0 aromatic heterocycles. The van der Waals surface area contributed by atoms with Crippen LogP contribution >= 0.6 is 0 Å². The Morgan fingerprint density at radius 2 is 1.63 bits per heavy atom. The third-order valence-corrected chi connectivity index (χ3v) is 7.55. The maximum atomic E-state index is 13.6. The molecule has 5 atom stereocenters. The van der Waals surface area contributed by atoms with Crippen molar-refractivity contribution < 1.29 is 68.9 Å². The van der Waals surface area contributed by atoms with Crippen LogP contribution in [0.3, 0.4) is 0 Å². The van der Waals surface area contributed by atoms with Gasteiger partial charge in [0.25, 0.3) is 0 Å². The summed E-state index contributed by atoms with van der Waals surface area (Å²) < 4.78 is 110. The van der Waals surface area contributed by atoms with Gasteiger partial charge in [-0.15, -0.1) is 0 Å². The van der Waals surface area contributed by atoms with Crippen molar-refractivity contribution in [1.29, 1.82) is 0 Å². The molecule has 0 spiro atoms. The van der Waals surface area contributed by atoms with Crippen LogP contribution in [-0.2, 0) is 44.7 Å². The zero-order valence-corrected chi connectivity index (χ0v) is 21.1. The number of alkyl halides is 7. The molecule has 3 aliphatic rings. The van der Waals surface area contributed by atoms with Crippen LogP contribution in [0.5, 0.6) is 0 Å². The maximum Gasteiger partial charge on any atom is 0.460 e. The number of carbonyl (C=O) groups is 4. The lowest BCUT2D eigenvalue weighted by Crippen LogP contribution is -2.55. The van der Waals surface area contributed by atoms with Crippen LogP contribution in [0.25, 0.3) is 6.08 Å². The van der Waals surface area contributed by atoms with Gasteiger partial charge in [0.1, 0.15) is 18.8 Å². The first-order valence-corrected chi connectivity index (χ1v) is 12.3. The second-order valence-corrected chi connectivity index (χ2v) is 10.1. The molecule has 1 heterocycles. The second kappa shape index (κ2) is 10.6. The number of esters is 4. The van der Waals surface area contributed by atoms with Gasteiger partial charge < -0.3 is 18.9 Å². The van der Waals surface area contributed by atoms with Crippen LogP contribution in [0.2, 0.25) is 0 Å². The highest BCUT2D eigenvalue weighted by atomic mass is 19.4. The summed E-state index contributed by atoms with van der Waals surface area (Å²) >= 11 is 0. The third-order valence-electron chi connectivity index (χ3n) is 7.55. The number of rotatable bonds is 11. The molecule has 1 saturated heterocycles. The predicted molar refractivity (Wildman–Crippen MR) is 121 cm³/mol. The van der Waals surface area contributed by atoms with E-state index in [-0.39, 0.29) is 19.4 Å². The molecule has 0 N–H and O–H groups in total. The van der Waals surface area contributed by atoms with Crippen LogP contribution < -0.4 is 0 Å². The molecule has 224 valence electrons. The van der Waals surface area contributed by atoms with E-state index in [0.717, 1.165) is 5.56 Å². The van der Waals surface area contributed by atoms with Crippen molar-refractivity contribution in [2.24, 2.45) is 17.3 Å². The standard InChI is InChI=1S/C26H23F7O8/c1-2-13-3-5-14(6-4-13)11-38-17(34)7-8-18(35)40-19-15-9-16-20(19)41-22(37)23(16,10-15)21(36)39-12-24(27,28)25(29,30)26(31,32)33/h2-6,15-16,19-20H,1,7-12H2. The first kappa shape index (κ1) is 30.3. The molecule has 4 rings (SSSR count). The van der Waals surface area contributed by atoms with Crippen molar-refractivity contribution in [1.82, 2.24) is 0 Å². The fourth-order valence-electron chi connectivity index (χ4n) is 5.42. The molecule has 1 aliphatic heterocycles. The SMILES string of the molecule is C=Cc1ccc(COC(=O)CCC(=O)OC2C3CC4C2OC(=O)C4(C(=O)OCC(F)(F)C(F)(F)C(F)(F)F)C3)cc1. The van der Waals surface area contributed by atoms with Gasteiger partial charge in [-0.2, -0.15) is 30.7 Å². The lowest BCUT2D eigenvalue weighted by molar-refractivity contribution is -0.360. The van der Waals surface area contributed by atoms with E-state index >= 15 is 0 Å². The summed E-state index contributed by atoms with van der Waals surface area (Å²) in [4.78, 5) is 49.5. The van der Waals surface area contributed by atoms with Crippen molar-refractivity contribution in [3.05, 3.63) is 42.0 Å². The van der Waals surface area contributed by atoms with Crippen molar-refractivity contribution >= 4 is 30.0 Å². The highest BCUT2D eigenvalue weighted by molar-refractivity contribution is 6.03. The first-order valence-electron chi connectivity index (χ1n) is 12.3. The van der Waals surface area contributed by atoms with Gasteiger partial charge in [-0.3, -0.25) is 19.2 Å². The van der Waals surface area contributed by atoms with Crippen molar-refractivity contribution in [3.8, 4) is 0 Å². The Bertz CT molecular complexity index is 1230. The maximum absolute atomic E-state index is 13.6. The molecule has 0 amide bonds. The van der Waals surface area contributed by atoms with Crippen molar-refractivity contribution in [2.75, 3.05) is 6.61 Å². The predicted octanol–water partition coefficient (Wildman–Crippen LogP) is 4.39. The third kappa shape index (κ3) is 5.37. The summed E-state index contributed by atoms with van der Waals surface area (Å²) in [6.45, 7) is 0.973. The largest absolute Gasteiger partial charge is 0.461 e. The van der Waals surface area contributed by atoms with E-state index in [1.54, 1.807) is 30.3 Å². The van der Waals surface area contributed by atoms with E-state index in [4.69, 9.17) is 14.2 Å². The summed E-state index contributed by atoms with van der Waals surface area (Å²) in [6, 6.07) is 7.01. The average Bonchev–Trinajstić information content (AvgIpc) is 3.51. The molecule has 2 bridgehead atoms. The van der Waals surface area contributed by atoms with E-state index in [1.165, 1.54) is 0 Å². The molecule has 41 heavy (non-hydrogen) atoms. The minimum absolute atomic E-state index is 0.0330. The molecular formula is C26H23F7O8. The van der Waals surface area contributed by atoms with E-state index < -0.39 is 90.8 Å². The van der Waals surface area contributed by atoms with E-state index in [1.807, 2.05) is 0 Å². The van der Waals surface area contributed by atoms with Crippen LogP contribution in [0.1, 0.15) is 36.8 Å². The minimum atomic E-state index is -6.61. The molecule has 2 saturated carbocycles. The Labute approximate surface area is 227 Å². The van der Waals surface area contributed by atoms with Crippen LogP contribution in [0, 0.1) is 17.3 Å². The Balaban J connectivity index is 1.28. The Morgan fingerprint density at radius 1 is 1.00 bits per heavy atom. The van der Waals surface area contributed by atoms with Gasteiger partial charge in [-0.1, -0.05) is 36.9 Å². The number of hydrogen-bond donors (Lipinski definition) is 0. The number of carbonyl (C=O) groups excluding carboxylic acids is 4. The lowest BCUT2D eigenvalue weighted by Gasteiger charge is -2.32. The van der Waals surface area contributed by atoms with E-state index in [2.05, 4.69) is 11.3 Å². The van der Waals surface area contributed by atoms with Crippen molar-refractivity contribution in [2.45, 2.75) is 62.5 Å². The molecular weight excluding hydrogens is 573 g/mol. The zero-order valence-electron chi connectivity index (χ0n) is 21.1. The van der Waals surface area contributed by atoms with Gasteiger partial charge in [0.2, 0.25) is 0 Å². The number of benzene rings is 1. The molecule has 1 aromatic rings. The topological polar surface area (TPSA) is 105 Å². The summed E-state index contributed by atoms with van der Waals surface area (Å²) in [5.74, 6) is -18.5. The van der Waals surface area contributed by atoms with Crippen LogP contribution in [0.4, 0.5) is 30.7 Å². The Morgan fingerprint density at radius 3 is 2.24 bits per heavy atom. The first-order chi connectivity index (χ1) is 19.0. The molecule has 3 fully saturated rings. The summed E-state index contributed by atoms with van der Waals surface area (Å²) in [5.41, 5.74) is -0.621. The highest BCUT2D eigenvalue weighted by Crippen LogP contribution is 2.63. The fraction of sp³-hybridized carbons (Fsp3) is 0.538. The Hall–Kier alpha value is -3.65. The zero-order chi connectivity index (χ0) is 30.4. The molecule has 5 unspecified atom stereocenters. The fourth-order valence-corrected chi connectivity index (χ4v) is 5.42. The van der Waals surface area contributed by atoms with Crippen molar-refractivity contribution in [3.63, 3.8) is 0 Å². The Kier molecular flexibility index (Phi) is 7.86. The quantitative estimate of drug-likeness (QED) is 0.160. The van der Waals surface area contributed by atoms with E-state index in [0.29, 0.717) is 5.56 Å². The number of ether oxygens (including phenoxy) is 4. The van der Waals surface area contributed by atoms with Gasteiger partial charge >= 0.3 is 41.9 Å². The average molecular weight is 596 g/mol. The monoisotopic (exact) mass is 596 g/mol. The van der Waals surface area contributed by atoms with E-state index in [9.17, 15) is 49.9 Å². The molecule has 15 heteroatoms. The van der Waals surface area contributed by atoms with Crippen LogP contribution in [0.15, 0.2) is 30.8 Å². The lowest BCUT2D eigenvalue weighted by atomic mass is 9.73. The van der Waals surface area contributed by atoms with Gasteiger partial charge in [0, 0.05) is 11.8 Å². The number of halogens is 7. The molecule has 2 aliphatic carbocycles. The molecule has 8 nitrogen and oxygen atoms in total.